The van der Waals surface area contributed by atoms with E-state index in [0.717, 1.165) is 11.1 Å². The molecule has 1 aliphatic heterocycles. The summed E-state index contributed by atoms with van der Waals surface area (Å²) in [5, 5.41) is 9.28. The van der Waals surface area contributed by atoms with Crippen molar-refractivity contribution in [3.63, 3.8) is 0 Å². The molecule has 1 aromatic heterocycles. The molecule has 1 atom stereocenters. The van der Waals surface area contributed by atoms with Gasteiger partial charge in [-0.1, -0.05) is 24.3 Å². The summed E-state index contributed by atoms with van der Waals surface area (Å²) in [7, 11) is 0. The first kappa shape index (κ1) is 15.2. The van der Waals surface area contributed by atoms with Crippen LogP contribution in [0, 0.1) is 0 Å². The van der Waals surface area contributed by atoms with E-state index in [2.05, 4.69) is 4.98 Å². The number of aromatic carboxylic acids is 1. The fraction of sp³-hybridized carbons (Fsp3) is 0.235. The van der Waals surface area contributed by atoms with Crippen molar-refractivity contribution in [2.45, 2.75) is 25.6 Å². The van der Waals surface area contributed by atoms with Crippen LogP contribution < -0.4 is 5.73 Å². The van der Waals surface area contributed by atoms with Gasteiger partial charge >= 0.3 is 5.97 Å². The van der Waals surface area contributed by atoms with Crippen LogP contribution in [0.3, 0.4) is 0 Å². The molecule has 2 aromatic rings. The molecule has 1 amide bonds. The highest BCUT2D eigenvalue weighted by molar-refractivity contribution is 5.88. The number of nitrogens with zero attached hydrogens (tertiary/aromatic N) is 2. The second kappa shape index (κ2) is 6.18. The average molecular weight is 311 g/mol. The number of carboxylic acids is 1. The van der Waals surface area contributed by atoms with Crippen LogP contribution >= 0.6 is 0 Å². The third-order valence-electron chi connectivity index (χ3n) is 4.15. The minimum Gasteiger partial charge on any atom is -0.478 e. The van der Waals surface area contributed by atoms with Gasteiger partial charge in [-0.2, -0.15) is 0 Å². The van der Waals surface area contributed by atoms with Crippen molar-refractivity contribution in [3.05, 3.63) is 65.0 Å². The first-order valence-corrected chi connectivity index (χ1v) is 7.33. The fourth-order valence-electron chi connectivity index (χ4n) is 2.97. The molecule has 118 valence electrons. The number of rotatable bonds is 4. The van der Waals surface area contributed by atoms with Crippen LogP contribution in [0.25, 0.3) is 0 Å². The second-order valence-electron chi connectivity index (χ2n) is 5.60. The molecule has 2 heterocycles. The third-order valence-corrected chi connectivity index (χ3v) is 4.15. The Morgan fingerprint density at radius 2 is 1.96 bits per heavy atom. The number of aromatic nitrogens is 1. The van der Waals surface area contributed by atoms with Crippen molar-refractivity contribution in [2.75, 3.05) is 0 Å². The van der Waals surface area contributed by atoms with E-state index in [9.17, 15) is 14.7 Å². The molecule has 3 N–H and O–H groups in total. The maximum absolute atomic E-state index is 11.8. The molecular formula is C17H17N3O3. The van der Waals surface area contributed by atoms with Gasteiger partial charge in [0.05, 0.1) is 17.3 Å². The predicted molar refractivity (Wildman–Crippen MR) is 83.6 cm³/mol. The van der Waals surface area contributed by atoms with Crippen molar-refractivity contribution in [1.29, 1.82) is 0 Å². The van der Waals surface area contributed by atoms with Crippen LogP contribution in [0.5, 0.6) is 0 Å². The summed E-state index contributed by atoms with van der Waals surface area (Å²) in [4.78, 5) is 29.2. The lowest BCUT2D eigenvalue weighted by atomic mass is 9.93. The Balaban J connectivity index is 1.92. The monoisotopic (exact) mass is 311 g/mol. The topological polar surface area (TPSA) is 96.5 Å². The highest BCUT2D eigenvalue weighted by Crippen LogP contribution is 2.25. The first-order chi connectivity index (χ1) is 11.1. The van der Waals surface area contributed by atoms with Gasteiger partial charge in [0.1, 0.15) is 0 Å². The molecule has 6 heteroatoms. The lowest BCUT2D eigenvalue weighted by Crippen LogP contribution is -2.48. The van der Waals surface area contributed by atoms with Gasteiger partial charge in [-0.25, -0.2) is 4.79 Å². The number of carbonyl (C=O) groups excluding carboxylic acids is 1. The molecule has 0 radical (unpaired) electrons. The lowest BCUT2D eigenvalue weighted by Gasteiger charge is -2.35. The first-order valence-electron chi connectivity index (χ1n) is 7.33. The standard InChI is InChI=1S/C17H17N3O3/c18-16(21)15-8-11-4-1-2-5-12(11)9-20(15)10-14-13(17(22)23)6-3-7-19-14/h1-7,15H,8-10H2,(H2,18,21)(H,22,23)/t15-/m0/s1. The summed E-state index contributed by atoms with van der Waals surface area (Å²) in [5.41, 5.74) is 8.36. The normalized spacial score (nSPS) is 17.5. The maximum Gasteiger partial charge on any atom is 0.337 e. The van der Waals surface area contributed by atoms with Gasteiger partial charge in [-0.3, -0.25) is 14.7 Å². The predicted octanol–water partition coefficient (Wildman–Crippen LogP) is 1.19. The summed E-state index contributed by atoms with van der Waals surface area (Å²) in [5.74, 6) is -1.44. The molecule has 23 heavy (non-hydrogen) atoms. The van der Waals surface area contributed by atoms with Gasteiger partial charge in [0, 0.05) is 19.3 Å². The van der Waals surface area contributed by atoms with Gasteiger partial charge in [-0.05, 0) is 29.7 Å². The van der Waals surface area contributed by atoms with Gasteiger partial charge in [0.15, 0.2) is 0 Å². The van der Waals surface area contributed by atoms with Gasteiger partial charge in [-0.15, -0.1) is 0 Å². The van der Waals surface area contributed by atoms with E-state index in [1.807, 2.05) is 29.2 Å². The molecule has 0 saturated heterocycles. The summed E-state index contributed by atoms with van der Waals surface area (Å²) in [6.45, 7) is 0.809. The number of fused-ring (bicyclic) bond motifs is 1. The smallest absolute Gasteiger partial charge is 0.337 e. The fourth-order valence-corrected chi connectivity index (χ4v) is 2.97. The van der Waals surface area contributed by atoms with Crippen LogP contribution in [0.4, 0.5) is 0 Å². The Labute approximate surface area is 133 Å². The molecule has 6 nitrogen and oxygen atoms in total. The number of nitrogens with two attached hydrogens (primary N) is 1. The molecular weight excluding hydrogens is 294 g/mol. The van der Waals surface area contributed by atoms with Crippen molar-refractivity contribution < 1.29 is 14.7 Å². The number of carbonyl (C=O) groups is 2. The number of benzene rings is 1. The summed E-state index contributed by atoms with van der Waals surface area (Å²) < 4.78 is 0. The van der Waals surface area contributed by atoms with Crippen LogP contribution in [-0.2, 0) is 24.3 Å². The van der Waals surface area contributed by atoms with E-state index in [1.165, 1.54) is 6.07 Å². The summed E-state index contributed by atoms with van der Waals surface area (Å²) >= 11 is 0. The van der Waals surface area contributed by atoms with E-state index < -0.39 is 17.9 Å². The Morgan fingerprint density at radius 1 is 1.22 bits per heavy atom. The molecule has 3 rings (SSSR count). The minimum atomic E-state index is -1.03. The number of hydrogen-bond donors (Lipinski definition) is 2. The number of amides is 1. The highest BCUT2D eigenvalue weighted by Gasteiger charge is 2.31. The van der Waals surface area contributed by atoms with E-state index in [4.69, 9.17) is 5.73 Å². The zero-order valence-corrected chi connectivity index (χ0v) is 12.5. The molecule has 0 fully saturated rings. The Morgan fingerprint density at radius 3 is 2.65 bits per heavy atom. The van der Waals surface area contributed by atoms with E-state index in [-0.39, 0.29) is 12.1 Å². The van der Waals surface area contributed by atoms with Gasteiger partial charge < -0.3 is 10.8 Å². The SMILES string of the molecule is NC(=O)[C@@H]1Cc2ccccc2CN1Cc1ncccc1C(=O)O. The zero-order valence-electron chi connectivity index (χ0n) is 12.5. The Kier molecular flexibility index (Phi) is 4.08. The van der Waals surface area contributed by atoms with Crippen molar-refractivity contribution in [3.8, 4) is 0 Å². The zero-order chi connectivity index (χ0) is 16.4. The molecule has 0 spiro atoms. The summed E-state index contributed by atoms with van der Waals surface area (Å²) in [6.07, 6.45) is 2.08. The molecule has 0 unspecified atom stereocenters. The Hall–Kier alpha value is -2.73. The number of hydrogen-bond acceptors (Lipinski definition) is 4. The average Bonchev–Trinajstić information content (AvgIpc) is 2.54. The third kappa shape index (κ3) is 3.07. The largest absolute Gasteiger partial charge is 0.478 e. The lowest BCUT2D eigenvalue weighted by molar-refractivity contribution is -0.124. The molecule has 0 saturated carbocycles. The van der Waals surface area contributed by atoms with Gasteiger partial charge in [0.25, 0.3) is 0 Å². The van der Waals surface area contributed by atoms with Crippen LogP contribution in [0.2, 0.25) is 0 Å². The van der Waals surface area contributed by atoms with Crippen LogP contribution in [-0.4, -0.2) is 32.9 Å². The maximum atomic E-state index is 11.8. The number of carboxylic acid groups (broad SMARTS) is 1. The number of pyridine rings is 1. The van der Waals surface area contributed by atoms with Gasteiger partial charge in [0.2, 0.25) is 5.91 Å². The number of primary amides is 1. The minimum absolute atomic E-state index is 0.148. The van der Waals surface area contributed by atoms with Crippen LogP contribution in [0.15, 0.2) is 42.6 Å². The second-order valence-corrected chi connectivity index (χ2v) is 5.60. The Bertz CT molecular complexity index is 760. The van der Waals surface area contributed by atoms with Crippen molar-refractivity contribution in [1.82, 2.24) is 9.88 Å². The van der Waals surface area contributed by atoms with Crippen molar-refractivity contribution in [2.24, 2.45) is 5.73 Å². The molecule has 0 bridgehead atoms. The van der Waals surface area contributed by atoms with E-state index in [1.54, 1.807) is 12.3 Å². The molecule has 1 aromatic carbocycles. The summed E-state index contributed by atoms with van der Waals surface area (Å²) in [6, 6.07) is 10.5. The van der Waals surface area contributed by atoms with E-state index in [0.29, 0.717) is 18.7 Å². The molecule has 0 aliphatic carbocycles. The highest BCUT2D eigenvalue weighted by atomic mass is 16.4. The van der Waals surface area contributed by atoms with E-state index >= 15 is 0 Å². The molecule has 1 aliphatic rings. The van der Waals surface area contributed by atoms with Crippen molar-refractivity contribution >= 4 is 11.9 Å². The quantitative estimate of drug-likeness (QED) is 0.884. The van der Waals surface area contributed by atoms with Crippen LogP contribution in [0.1, 0.15) is 27.2 Å².